The predicted molar refractivity (Wildman–Crippen MR) is 104 cm³/mol. The number of piperazine rings is 1. The molecule has 3 heterocycles. The van der Waals surface area contributed by atoms with Gasteiger partial charge in [-0.1, -0.05) is 18.2 Å². The van der Waals surface area contributed by atoms with Gasteiger partial charge in [-0.2, -0.15) is 0 Å². The quantitative estimate of drug-likeness (QED) is 0.868. The van der Waals surface area contributed by atoms with Crippen molar-refractivity contribution in [3.8, 4) is 0 Å². The zero-order valence-electron chi connectivity index (χ0n) is 15.4. The minimum atomic E-state index is -0.196. The molecule has 2 aliphatic heterocycles. The van der Waals surface area contributed by atoms with Crippen molar-refractivity contribution in [2.24, 2.45) is 0 Å². The summed E-state index contributed by atoms with van der Waals surface area (Å²) in [6.45, 7) is 4.96. The second kappa shape index (κ2) is 8.35. The minimum Gasteiger partial charge on any atom is -0.376 e. The van der Waals surface area contributed by atoms with Gasteiger partial charge in [-0.25, -0.2) is 0 Å². The molecular weight excluding hydrogens is 342 g/mol. The molecule has 142 valence electrons. The summed E-state index contributed by atoms with van der Waals surface area (Å²) in [5, 5.41) is 11.3. The second-order valence-electron chi connectivity index (χ2n) is 6.93. The van der Waals surface area contributed by atoms with Crippen LogP contribution in [0.25, 0.3) is 0 Å². The molecule has 1 aromatic carbocycles. The summed E-state index contributed by atoms with van der Waals surface area (Å²) in [6, 6.07) is 14.1. The van der Waals surface area contributed by atoms with Gasteiger partial charge < -0.3 is 19.9 Å². The Kier molecular flexibility index (Phi) is 5.48. The van der Waals surface area contributed by atoms with Gasteiger partial charge in [-0.3, -0.25) is 4.79 Å². The molecule has 1 unspecified atom stereocenters. The Morgan fingerprint density at radius 1 is 1.04 bits per heavy atom. The highest BCUT2D eigenvalue weighted by Crippen LogP contribution is 2.18. The molecule has 27 heavy (non-hydrogen) atoms. The number of hydrogen-bond donors (Lipinski definition) is 1. The molecule has 2 fully saturated rings. The van der Waals surface area contributed by atoms with E-state index in [4.69, 9.17) is 4.74 Å². The number of nitrogens with one attached hydrogen (secondary N) is 1. The van der Waals surface area contributed by atoms with Crippen molar-refractivity contribution >= 4 is 17.4 Å². The normalized spacial score (nSPS) is 19.9. The Morgan fingerprint density at radius 2 is 1.81 bits per heavy atom. The number of aromatic nitrogens is 2. The van der Waals surface area contributed by atoms with E-state index in [9.17, 15) is 4.79 Å². The summed E-state index contributed by atoms with van der Waals surface area (Å²) in [4.78, 5) is 16.8. The monoisotopic (exact) mass is 367 g/mol. The van der Waals surface area contributed by atoms with Gasteiger partial charge in [0.2, 0.25) is 0 Å². The van der Waals surface area contributed by atoms with Crippen molar-refractivity contribution in [1.82, 2.24) is 15.5 Å². The molecule has 0 aliphatic carbocycles. The lowest BCUT2D eigenvalue weighted by molar-refractivity contribution is 0.0853. The molecular formula is C20H25N5O2. The van der Waals surface area contributed by atoms with Crippen LogP contribution in [0, 0.1) is 0 Å². The average molecular weight is 367 g/mol. The van der Waals surface area contributed by atoms with E-state index in [1.165, 1.54) is 5.69 Å². The molecule has 7 heteroatoms. The number of para-hydroxylation sites is 1. The first-order valence-electron chi connectivity index (χ1n) is 9.58. The average Bonchev–Trinajstić information content (AvgIpc) is 3.27. The molecule has 0 saturated carbocycles. The summed E-state index contributed by atoms with van der Waals surface area (Å²) >= 11 is 0. The zero-order chi connectivity index (χ0) is 18.5. The third-order valence-electron chi connectivity index (χ3n) is 5.12. The number of hydrogen-bond acceptors (Lipinski definition) is 6. The molecule has 0 bridgehead atoms. The van der Waals surface area contributed by atoms with E-state index in [2.05, 4.69) is 49.6 Å². The molecule has 2 aromatic rings. The molecule has 0 spiro atoms. The molecule has 0 radical (unpaired) electrons. The minimum absolute atomic E-state index is 0.127. The molecule has 1 atom stereocenters. The van der Waals surface area contributed by atoms with E-state index in [1.54, 1.807) is 6.07 Å². The Balaban J connectivity index is 1.29. The Bertz CT molecular complexity index is 739. The lowest BCUT2D eigenvalue weighted by Gasteiger charge is -2.36. The van der Waals surface area contributed by atoms with Gasteiger partial charge >= 0.3 is 0 Å². The topological polar surface area (TPSA) is 70.6 Å². The molecule has 2 saturated heterocycles. The van der Waals surface area contributed by atoms with Crippen LogP contribution in [0.4, 0.5) is 11.5 Å². The van der Waals surface area contributed by atoms with E-state index >= 15 is 0 Å². The number of carbonyl (C=O) groups excluding carboxylic acids is 1. The van der Waals surface area contributed by atoms with Crippen LogP contribution in [0.2, 0.25) is 0 Å². The van der Waals surface area contributed by atoms with Crippen LogP contribution in [-0.4, -0.2) is 61.5 Å². The maximum atomic E-state index is 12.2. The first-order valence-corrected chi connectivity index (χ1v) is 9.58. The number of amides is 1. The van der Waals surface area contributed by atoms with Crippen molar-refractivity contribution in [1.29, 1.82) is 0 Å². The van der Waals surface area contributed by atoms with Crippen molar-refractivity contribution in [2.75, 3.05) is 49.1 Å². The number of benzene rings is 1. The third kappa shape index (κ3) is 4.36. The molecule has 7 nitrogen and oxygen atoms in total. The summed E-state index contributed by atoms with van der Waals surface area (Å²) in [5.41, 5.74) is 1.60. The number of anilines is 2. The maximum Gasteiger partial charge on any atom is 0.271 e. The van der Waals surface area contributed by atoms with Gasteiger partial charge in [0.1, 0.15) is 0 Å². The Labute approximate surface area is 159 Å². The zero-order valence-corrected chi connectivity index (χ0v) is 15.4. The lowest BCUT2D eigenvalue weighted by Crippen LogP contribution is -2.47. The van der Waals surface area contributed by atoms with E-state index in [1.807, 2.05) is 12.1 Å². The first-order chi connectivity index (χ1) is 13.3. The summed E-state index contributed by atoms with van der Waals surface area (Å²) in [7, 11) is 0. The highest BCUT2D eigenvalue weighted by atomic mass is 16.5. The predicted octanol–water partition coefficient (Wildman–Crippen LogP) is 1.71. The van der Waals surface area contributed by atoms with Crippen LogP contribution in [0.1, 0.15) is 23.3 Å². The van der Waals surface area contributed by atoms with Crippen LogP contribution in [0.5, 0.6) is 0 Å². The van der Waals surface area contributed by atoms with Crippen molar-refractivity contribution in [2.45, 2.75) is 18.9 Å². The van der Waals surface area contributed by atoms with Crippen LogP contribution in [0.3, 0.4) is 0 Å². The van der Waals surface area contributed by atoms with Crippen LogP contribution >= 0.6 is 0 Å². The summed E-state index contributed by atoms with van der Waals surface area (Å²) in [6.07, 6.45) is 2.19. The fourth-order valence-electron chi connectivity index (χ4n) is 3.55. The van der Waals surface area contributed by atoms with Crippen LogP contribution < -0.4 is 15.1 Å². The Morgan fingerprint density at radius 3 is 2.48 bits per heavy atom. The fourth-order valence-corrected chi connectivity index (χ4v) is 3.55. The highest BCUT2D eigenvalue weighted by molar-refractivity contribution is 5.92. The molecule has 4 rings (SSSR count). The first kappa shape index (κ1) is 17.7. The Hall–Kier alpha value is -2.67. The molecule has 1 aromatic heterocycles. The van der Waals surface area contributed by atoms with Gasteiger partial charge in [-0.15, -0.1) is 10.2 Å². The second-order valence-corrected chi connectivity index (χ2v) is 6.93. The standard InChI is InChI=1S/C20H25N5O2/c26-20(21-15-17-7-4-14-27-17)18-8-9-19(23-22-18)25-12-10-24(11-13-25)16-5-2-1-3-6-16/h1-3,5-6,8-9,17H,4,7,10-15H2,(H,21,26). The van der Waals surface area contributed by atoms with E-state index in [0.29, 0.717) is 12.2 Å². The van der Waals surface area contributed by atoms with E-state index < -0.39 is 0 Å². The van der Waals surface area contributed by atoms with Crippen molar-refractivity contribution in [3.63, 3.8) is 0 Å². The number of ether oxygens (including phenoxy) is 1. The van der Waals surface area contributed by atoms with Crippen LogP contribution in [-0.2, 0) is 4.74 Å². The van der Waals surface area contributed by atoms with E-state index in [0.717, 1.165) is 51.4 Å². The molecule has 1 N–H and O–H groups in total. The number of nitrogens with zero attached hydrogens (tertiary/aromatic N) is 4. The van der Waals surface area contributed by atoms with Gasteiger partial charge in [0, 0.05) is 45.0 Å². The van der Waals surface area contributed by atoms with Crippen LogP contribution in [0.15, 0.2) is 42.5 Å². The van der Waals surface area contributed by atoms with Gasteiger partial charge in [0.15, 0.2) is 11.5 Å². The lowest BCUT2D eigenvalue weighted by atomic mass is 10.2. The molecule has 1 amide bonds. The summed E-state index contributed by atoms with van der Waals surface area (Å²) < 4.78 is 5.52. The largest absolute Gasteiger partial charge is 0.376 e. The number of rotatable bonds is 5. The van der Waals surface area contributed by atoms with Gasteiger partial charge in [0.25, 0.3) is 5.91 Å². The van der Waals surface area contributed by atoms with E-state index in [-0.39, 0.29) is 12.0 Å². The fraction of sp³-hybridized carbons (Fsp3) is 0.450. The summed E-state index contributed by atoms with van der Waals surface area (Å²) in [5.74, 6) is 0.622. The maximum absolute atomic E-state index is 12.2. The SMILES string of the molecule is O=C(NCC1CCCO1)c1ccc(N2CCN(c3ccccc3)CC2)nn1. The van der Waals surface area contributed by atoms with Crippen molar-refractivity contribution in [3.05, 3.63) is 48.2 Å². The molecule has 2 aliphatic rings. The third-order valence-corrected chi connectivity index (χ3v) is 5.12. The van der Waals surface area contributed by atoms with Gasteiger partial charge in [-0.05, 0) is 37.1 Å². The van der Waals surface area contributed by atoms with Gasteiger partial charge in [0.05, 0.1) is 6.10 Å². The number of carbonyl (C=O) groups is 1. The smallest absolute Gasteiger partial charge is 0.271 e. The van der Waals surface area contributed by atoms with Crippen molar-refractivity contribution < 1.29 is 9.53 Å². The highest BCUT2D eigenvalue weighted by Gasteiger charge is 2.20.